The van der Waals surface area contributed by atoms with Gasteiger partial charge in [-0.25, -0.2) is 13.4 Å². The van der Waals surface area contributed by atoms with Crippen molar-refractivity contribution in [2.45, 2.75) is 39.7 Å². The average Bonchev–Trinajstić information content (AvgIpc) is 2.92. The molecule has 0 aliphatic rings. The fraction of sp³-hybridized carbons (Fsp3) is 0.500. The van der Waals surface area contributed by atoms with Crippen LogP contribution in [0.4, 0.5) is 0 Å². The molecule has 0 saturated heterocycles. The number of aryl methyl sites for hydroxylation is 1. The third kappa shape index (κ3) is 5.14. The summed E-state index contributed by atoms with van der Waals surface area (Å²) in [4.78, 5) is 4.29. The number of hydrogen-bond acceptors (Lipinski definition) is 4. The molecule has 0 aliphatic heterocycles. The highest BCUT2D eigenvalue weighted by Crippen LogP contribution is 2.21. The second kappa shape index (κ2) is 7.70. The van der Waals surface area contributed by atoms with Gasteiger partial charge in [-0.05, 0) is 24.8 Å². The molecule has 2 aromatic rings. The normalized spacial score (nSPS) is 14.6. The molecule has 1 aromatic carbocycles. The van der Waals surface area contributed by atoms with Crippen molar-refractivity contribution in [1.29, 1.82) is 0 Å². The largest absolute Gasteiger partial charge is 0.263 e. The Bertz CT molecular complexity index is 713. The first kappa shape index (κ1) is 17.6. The summed E-state index contributed by atoms with van der Waals surface area (Å²) in [5.41, 5.74) is 0.818. The Balaban J connectivity index is 2.25. The van der Waals surface area contributed by atoms with Gasteiger partial charge in [0.25, 0.3) is 0 Å². The van der Waals surface area contributed by atoms with Gasteiger partial charge >= 0.3 is 0 Å². The van der Waals surface area contributed by atoms with E-state index in [1.54, 1.807) is 6.92 Å². The van der Waals surface area contributed by atoms with E-state index in [4.69, 9.17) is 0 Å². The van der Waals surface area contributed by atoms with E-state index >= 15 is 0 Å². The van der Waals surface area contributed by atoms with Crippen LogP contribution >= 0.6 is 0 Å². The first-order valence-corrected chi connectivity index (χ1v) is 9.50. The Hall–Kier alpha value is -1.73. The first-order chi connectivity index (χ1) is 10.9. The summed E-state index contributed by atoms with van der Waals surface area (Å²) in [7, 11) is -3.43. The lowest BCUT2D eigenvalue weighted by molar-refractivity contribution is 0.528. The Morgan fingerprint density at radius 3 is 2.52 bits per heavy atom. The van der Waals surface area contributed by atoms with Crippen LogP contribution < -0.4 is 4.72 Å². The maximum Gasteiger partial charge on any atom is 0.212 e. The van der Waals surface area contributed by atoms with Gasteiger partial charge in [0.2, 0.25) is 10.0 Å². The zero-order chi connectivity index (χ0) is 16.9. The molecule has 7 heteroatoms. The van der Waals surface area contributed by atoms with Crippen molar-refractivity contribution in [3.05, 3.63) is 47.5 Å². The smallest absolute Gasteiger partial charge is 0.212 e. The Morgan fingerprint density at radius 1 is 1.26 bits per heavy atom. The summed E-state index contributed by atoms with van der Waals surface area (Å²) < 4.78 is 27.8. The van der Waals surface area contributed by atoms with E-state index in [2.05, 4.69) is 26.8 Å². The van der Waals surface area contributed by atoms with Crippen LogP contribution in [-0.2, 0) is 10.0 Å². The number of aromatic nitrogens is 3. The Labute approximate surface area is 137 Å². The quantitative estimate of drug-likeness (QED) is 0.775. The summed E-state index contributed by atoms with van der Waals surface area (Å²) in [6.07, 6.45) is 1.86. The van der Waals surface area contributed by atoms with Gasteiger partial charge in [0.1, 0.15) is 11.9 Å². The molecule has 1 heterocycles. The minimum Gasteiger partial charge on any atom is -0.263 e. The monoisotopic (exact) mass is 336 g/mol. The third-order valence-corrected chi connectivity index (χ3v) is 5.19. The highest BCUT2D eigenvalue weighted by molar-refractivity contribution is 7.89. The van der Waals surface area contributed by atoms with Gasteiger partial charge in [-0.15, -0.1) is 0 Å². The van der Waals surface area contributed by atoms with E-state index in [0.29, 0.717) is 11.6 Å². The van der Waals surface area contributed by atoms with E-state index in [-0.39, 0.29) is 11.7 Å². The average molecular weight is 336 g/mol. The molecule has 23 heavy (non-hydrogen) atoms. The van der Waals surface area contributed by atoms with Crippen LogP contribution in [-0.4, -0.2) is 29.4 Å². The molecule has 2 rings (SSSR count). The van der Waals surface area contributed by atoms with Crippen molar-refractivity contribution in [3.8, 4) is 0 Å². The van der Waals surface area contributed by atoms with Gasteiger partial charge in [-0.1, -0.05) is 50.6 Å². The molecular weight excluding hydrogens is 312 g/mol. The van der Waals surface area contributed by atoms with Gasteiger partial charge in [-0.3, -0.25) is 5.10 Å². The van der Waals surface area contributed by atoms with Crippen LogP contribution in [0.5, 0.6) is 0 Å². The zero-order valence-corrected chi connectivity index (χ0v) is 14.6. The molecule has 0 amide bonds. The number of nitrogens with zero attached hydrogens (tertiary/aromatic N) is 2. The summed E-state index contributed by atoms with van der Waals surface area (Å²) in [5.74, 6) is 1.30. The summed E-state index contributed by atoms with van der Waals surface area (Å²) in [6, 6.07) is 8.79. The molecule has 6 nitrogen and oxygen atoms in total. The predicted molar refractivity (Wildman–Crippen MR) is 90.4 cm³/mol. The standard InChI is InChI=1S/C16H24N4O2S/c1-4-8-12(2)11-23(21,22)20-15(14-9-6-5-7-10-14)16-17-13(3)18-19-16/h5-7,9-10,12,15,20H,4,8,11H2,1-3H3,(H,17,18,19)/t12-,15+/m1/s1. The SMILES string of the molecule is CCC[C@@H](C)CS(=O)(=O)N[C@@H](c1ccccc1)c1n[nH]c(C)n1. The lowest BCUT2D eigenvalue weighted by Crippen LogP contribution is -2.34. The van der Waals surface area contributed by atoms with Crippen molar-refractivity contribution >= 4 is 10.0 Å². The van der Waals surface area contributed by atoms with Gasteiger partial charge in [-0.2, -0.15) is 9.82 Å². The highest BCUT2D eigenvalue weighted by atomic mass is 32.2. The van der Waals surface area contributed by atoms with E-state index in [0.717, 1.165) is 18.4 Å². The minimum atomic E-state index is -3.43. The first-order valence-electron chi connectivity index (χ1n) is 7.85. The summed E-state index contributed by atoms with van der Waals surface area (Å²) >= 11 is 0. The second-order valence-corrected chi connectivity index (χ2v) is 7.71. The molecule has 2 N–H and O–H groups in total. The predicted octanol–water partition coefficient (Wildman–Crippen LogP) is 2.56. The molecular formula is C16H24N4O2S. The molecule has 0 fully saturated rings. The van der Waals surface area contributed by atoms with Crippen LogP contribution in [0, 0.1) is 12.8 Å². The summed E-state index contributed by atoms with van der Waals surface area (Å²) in [6.45, 7) is 5.80. The van der Waals surface area contributed by atoms with E-state index in [1.165, 1.54) is 0 Å². The lowest BCUT2D eigenvalue weighted by atomic mass is 10.1. The summed E-state index contributed by atoms with van der Waals surface area (Å²) in [5, 5.41) is 6.90. The van der Waals surface area contributed by atoms with Gasteiger partial charge in [0.15, 0.2) is 5.82 Å². The second-order valence-electron chi connectivity index (χ2n) is 5.92. The zero-order valence-electron chi connectivity index (χ0n) is 13.8. The number of hydrogen-bond donors (Lipinski definition) is 2. The highest BCUT2D eigenvalue weighted by Gasteiger charge is 2.25. The number of nitrogens with one attached hydrogen (secondary N) is 2. The molecule has 0 unspecified atom stereocenters. The third-order valence-electron chi connectivity index (χ3n) is 3.59. The maximum absolute atomic E-state index is 12.5. The number of aromatic amines is 1. The number of rotatable bonds is 8. The van der Waals surface area contributed by atoms with Gasteiger partial charge < -0.3 is 0 Å². The molecule has 0 bridgehead atoms. The van der Waals surface area contributed by atoms with E-state index in [9.17, 15) is 8.42 Å². The van der Waals surface area contributed by atoms with Crippen LogP contribution in [0.2, 0.25) is 0 Å². The fourth-order valence-corrected chi connectivity index (χ4v) is 4.20. The Kier molecular flexibility index (Phi) is 5.90. The van der Waals surface area contributed by atoms with Crippen molar-refractivity contribution in [1.82, 2.24) is 19.9 Å². The number of H-pyrrole nitrogens is 1. The molecule has 0 spiro atoms. The fourth-order valence-electron chi connectivity index (χ4n) is 2.58. The van der Waals surface area contributed by atoms with Gasteiger partial charge in [0.05, 0.1) is 5.75 Å². The lowest BCUT2D eigenvalue weighted by Gasteiger charge is -2.18. The molecule has 2 atom stereocenters. The molecule has 1 aromatic heterocycles. The van der Waals surface area contributed by atoms with Crippen LogP contribution in [0.3, 0.4) is 0 Å². The van der Waals surface area contributed by atoms with Gasteiger partial charge in [0, 0.05) is 0 Å². The van der Waals surface area contributed by atoms with E-state index < -0.39 is 16.1 Å². The minimum absolute atomic E-state index is 0.105. The van der Waals surface area contributed by atoms with Crippen LogP contribution in [0.15, 0.2) is 30.3 Å². The Morgan fingerprint density at radius 2 is 1.96 bits per heavy atom. The van der Waals surface area contributed by atoms with Crippen LogP contribution in [0.25, 0.3) is 0 Å². The van der Waals surface area contributed by atoms with Crippen LogP contribution in [0.1, 0.15) is 49.9 Å². The molecule has 0 radical (unpaired) electrons. The van der Waals surface area contributed by atoms with E-state index in [1.807, 2.05) is 37.3 Å². The van der Waals surface area contributed by atoms with Crippen molar-refractivity contribution in [2.24, 2.45) is 5.92 Å². The molecule has 0 aliphatic carbocycles. The molecule has 0 saturated carbocycles. The van der Waals surface area contributed by atoms with Crippen molar-refractivity contribution in [2.75, 3.05) is 5.75 Å². The van der Waals surface area contributed by atoms with Crippen molar-refractivity contribution in [3.63, 3.8) is 0 Å². The number of sulfonamides is 1. The topological polar surface area (TPSA) is 87.7 Å². The number of benzene rings is 1. The van der Waals surface area contributed by atoms with Crippen molar-refractivity contribution < 1.29 is 8.42 Å². The maximum atomic E-state index is 12.5. The molecule has 126 valence electrons.